The summed E-state index contributed by atoms with van der Waals surface area (Å²) < 4.78 is 78.9. The summed E-state index contributed by atoms with van der Waals surface area (Å²) in [5, 5.41) is 11.1. The SMILES string of the molecule is C=CC1CC(c2ccc(NC(=O)C(C)NC(=O)C(NC(=O)CCOCCOCCOCCOCCOCCOCCOCCOCCNC(=O)CC)C(C)C)cc2)=CN1C(=O)c1cc(OC)c(OCCCOc2cc(/N=C\C(C)C/C(=C\C)c3ccc4c(c3)OCO4)c(C(C)=O)cc2OC)cc1C. The third-order valence-corrected chi connectivity index (χ3v) is 16.4. The fourth-order valence-electron chi connectivity index (χ4n) is 10.6. The maximum Gasteiger partial charge on any atom is 0.258 e. The number of nitrogens with one attached hydrogen (secondary N) is 4. The Balaban J connectivity index is 0.844. The van der Waals surface area contributed by atoms with Crippen molar-refractivity contribution in [1.82, 2.24) is 20.9 Å². The minimum Gasteiger partial charge on any atom is -0.493 e. The van der Waals surface area contributed by atoms with E-state index in [1.54, 1.807) is 75.1 Å². The minimum atomic E-state index is -0.941. The maximum atomic E-state index is 14.4. The minimum absolute atomic E-state index is 0.00446. The van der Waals surface area contributed by atoms with E-state index in [1.165, 1.54) is 21.1 Å². The van der Waals surface area contributed by atoms with Gasteiger partial charge < -0.3 is 92.5 Å². The number of hydrogen-bond acceptors (Lipinski definition) is 21. The molecule has 0 aliphatic carbocycles. The van der Waals surface area contributed by atoms with Crippen molar-refractivity contribution in [2.24, 2.45) is 16.8 Å². The Hall–Kier alpha value is -8.73. The molecule has 2 aliphatic rings. The van der Waals surface area contributed by atoms with Crippen molar-refractivity contribution >= 4 is 64.1 Å². The summed E-state index contributed by atoms with van der Waals surface area (Å²) in [4.78, 5) is 84.5. The predicted octanol–water partition coefficient (Wildman–Crippen LogP) is 9.70. The molecule has 0 saturated carbocycles. The van der Waals surface area contributed by atoms with Crippen molar-refractivity contribution in [3.8, 4) is 34.5 Å². The van der Waals surface area contributed by atoms with Gasteiger partial charge in [-0.25, -0.2) is 0 Å². The maximum absolute atomic E-state index is 14.4. The number of Topliss-reactive ketones (excluding diaryl/α,β-unsaturated/α-hetero) is 1. The molecule has 0 fully saturated rings. The van der Waals surface area contributed by atoms with Crippen molar-refractivity contribution in [3.05, 3.63) is 119 Å². The molecule has 6 rings (SSSR count). The molecule has 0 bridgehead atoms. The summed E-state index contributed by atoms with van der Waals surface area (Å²) in [6.07, 6.45) is 9.60. The van der Waals surface area contributed by atoms with Crippen LogP contribution in [0.15, 0.2) is 96.7 Å². The molecule has 4 unspecified atom stereocenters. The molecule has 4 aromatic carbocycles. The topological polar surface area (TPSA) is 295 Å². The Morgan fingerprint density at radius 1 is 0.641 bits per heavy atom. The number of benzene rings is 4. The molecule has 564 valence electrons. The van der Waals surface area contributed by atoms with E-state index < -0.39 is 23.9 Å². The van der Waals surface area contributed by atoms with Crippen molar-refractivity contribution in [2.45, 2.75) is 106 Å². The number of ether oxygens (including phenoxy) is 14. The monoisotopic (exact) mass is 1430 g/mol. The second-order valence-corrected chi connectivity index (χ2v) is 24.6. The number of amides is 5. The molecular weight excluding hydrogens is 1330 g/mol. The smallest absolute Gasteiger partial charge is 0.258 e. The summed E-state index contributed by atoms with van der Waals surface area (Å²) in [5.74, 6) is 1.09. The van der Waals surface area contributed by atoms with E-state index in [-0.39, 0.29) is 81.0 Å². The third kappa shape index (κ3) is 28.4. The zero-order valence-corrected chi connectivity index (χ0v) is 61.5. The highest BCUT2D eigenvalue weighted by Crippen LogP contribution is 2.39. The van der Waals surface area contributed by atoms with E-state index in [9.17, 15) is 28.8 Å². The van der Waals surface area contributed by atoms with Crippen LogP contribution in [0.1, 0.15) is 118 Å². The van der Waals surface area contributed by atoms with Crippen molar-refractivity contribution in [1.29, 1.82) is 0 Å². The Bertz CT molecular complexity index is 3450. The van der Waals surface area contributed by atoms with Gasteiger partial charge in [-0.15, -0.1) is 6.58 Å². The lowest BCUT2D eigenvalue weighted by atomic mass is 9.95. The summed E-state index contributed by atoms with van der Waals surface area (Å²) in [7, 11) is 3.03. The van der Waals surface area contributed by atoms with E-state index in [1.807, 2.05) is 56.6 Å². The van der Waals surface area contributed by atoms with Crippen LogP contribution in [0.5, 0.6) is 34.5 Å². The van der Waals surface area contributed by atoms with Crippen LogP contribution in [0.25, 0.3) is 11.1 Å². The fraction of sp³-hybridized carbons (Fsp3) is 0.519. The van der Waals surface area contributed by atoms with Crippen LogP contribution in [-0.2, 0) is 57.1 Å². The van der Waals surface area contributed by atoms with E-state index >= 15 is 0 Å². The highest BCUT2D eigenvalue weighted by molar-refractivity contribution is 6.01. The Morgan fingerprint density at radius 3 is 1.74 bits per heavy atom. The van der Waals surface area contributed by atoms with E-state index in [0.29, 0.717) is 176 Å². The molecule has 26 heteroatoms. The van der Waals surface area contributed by atoms with E-state index in [4.69, 9.17) is 71.3 Å². The first-order valence-electron chi connectivity index (χ1n) is 35.2. The lowest BCUT2D eigenvalue weighted by Gasteiger charge is -2.24. The summed E-state index contributed by atoms with van der Waals surface area (Å²) in [6.45, 7) is 25.9. The zero-order chi connectivity index (χ0) is 74.3. The van der Waals surface area contributed by atoms with Gasteiger partial charge in [0.2, 0.25) is 30.4 Å². The first kappa shape index (κ1) is 83.2. The first-order chi connectivity index (χ1) is 49.9. The number of allylic oxidation sites excluding steroid dienone is 2. The lowest BCUT2D eigenvalue weighted by molar-refractivity contribution is -0.132. The number of aliphatic imine (C=N–C) groups is 1. The van der Waals surface area contributed by atoms with Crippen LogP contribution in [0.4, 0.5) is 11.4 Å². The molecule has 4 atom stereocenters. The number of fused-ring (bicyclic) bond motifs is 1. The average molecular weight is 1440 g/mol. The standard InChI is InChI=1S/C77H106N6O20/c1-12-57(59-18-21-66-70(45-59)103-51-102-66)42-53(6)49-79-65-48-71(68(91-11)47-64(65)56(9)84)101-25-15-24-100-69-43-54(7)63(46-67(69)90-10)77(89)83-50-60(44-62(83)13-2)58-16-19-61(20-17-58)81-75(87)55(8)80-76(88)74(52(4)5)82-73(86)22-26-92-28-30-94-32-34-96-36-38-98-40-41-99-39-37-97-35-33-95-31-29-93-27-23-78-72(85)14-3/h12-13,16-21,43,45-50,52-53,55,62,74H,2,14-15,22-42,44,51H2,1,3-11H3,(H,78,85)(H,80,88)(H,81,87)(H,82,86)/b57-12+,79-49-. The van der Waals surface area contributed by atoms with Gasteiger partial charge in [0.25, 0.3) is 5.91 Å². The Kier molecular flexibility index (Phi) is 37.2. The van der Waals surface area contributed by atoms with Crippen LogP contribution >= 0.6 is 0 Å². The van der Waals surface area contributed by atoms with Crippen LogP contribution in [0.2, 0.25) is 0 Å². The van der Waals surface area contributed by atoms with Crippen LogP contribution in [0, 0.1) is 18.8 Å². The number of rotatable bonds is 51. The molecule has 26 nitrogen and oxygen atoms in total. The second kappa shape index (κ2) is 46.1. The highest BCUT2D eigenvalue weighted by Gasteiger charge is 2.31. The van der Waals surface area contributed by atoms with Crippen molar-refractivity contribution < 1.29 is 95.1 Å². The molecular formula is C77H106N6O20. The van der Waals surface area contributed by atoms with Gasteiger partial charge in [0.05, 0.1) is 145 Å². The summed E-state index contributed by atoms with van der Waals surface area (Å²) >= 11 is 0. The summed E-state index contributed by atoms with van der Waals surface area (Å²) in [5.41, 5.74) is 6.33. The molecule has 4 aromatic rings. The number of ketones is 1. The zero-order valence-electron chi connectivity index (χ0n) is 61.5. The van der Waals surface area contributed by atoms with Gasteiger partial charge in [-0.3, -0.25) is 33.8 Å². The lowest BCUT2D eigenvalue weighted by Crippen LogP contribution is -2.53. The fourth-order valence-corrected chi connectivity index (χ4v) is 10.6. The normalized spacial score (nSPS) is 14.2. The van der Waals surface area contributed by atoms with Gasteiger partial charge in [-0.05, 0) is 123 Å². The number of anilines is 1. The molecule has 0 saturated heterocycles. The van der Waals surface area contributed by atoms with Crippen molar-refractivity contribution in [3.63, 3.8) is 0 Å². The van der Waals surface area contributed by atoms with Gasteiger partial charge in [0, 0.05) is 61.1 Å². The van der Waals surface area contributed by atoms with E-state index in [2.05, 4.69) is 40.8 Å². The predicted molar refractivity (Wildman–Crippen MR) is 391 cm³/mol. The largest absolute Gasteiger partial charge is 0.493 e. The molecule has 2 heterocycles. The van der Waals surface area contributed by atoms with Crippen LogP contribution < -0.4 is 49.7 Å². The van der Waals surface area contributed by atoms with Gasteiger partial charge in [-0.1, -0.05) is 58.0 Å². The van der Waals surface area contributed by atoms with Gasteiger partial charge in [0.15, 0.2) is 40.3 Å². The second-order valence-electron chi connectivity index (χ2n) is 24.6. The molecule has 0 aromatic heterocycles. The van der Waals surface area contributed by atoms with Crippen LogP contribution in [-0.4, -0.2) is 211 Å². The molecule has 4 N–H and O–H groups in total. The average Bonchev–Trinajstić information content (AvgIpc) is 1.73. The number of hydrogen-bond donors (Lipinski definition) is 4. The molecule has 103 heavy (non-hydrogen) atoms. The number of carbonyl (C=O) groups excluding carboxylic acids is 6. The quantitative estimate of drug-likeness (QED) is 0.0138. The number of methoxy groups -OCH3 is 2. The number of aryl methyl sites for hydroxylation is 1. The number of carbonyl (C=O) groups is 6. The third-order valence-electron chi connectivity index (χ3n) is 16.4. The summed E-state index contributed by atoms with van der Waals surface area (Å²) in [6, 6.07) is 17.7. The molecule has 0 spiro atoms. The van der Waals surface area contributed by atoms with Crippen LogP contribution in [0.3, 0.4) is 0 Å². The Morgan fingerprint density at radius 2 is 1.19 bits per heavy atom. The Labute approximate surface area is 605 Å². The number of nitrogens with zero attached hydrogens (tertiary/aromatic N) is 2. The van der Waals surface area contributed by atoms with Gasteiger partial charge in [0.1, 0.15) is 12.1 Å². The van der Waals surface area contributed by atoms with Gasteiger partial charge >= 0.3 is 0 Å². The molecule has 2 aliphatic heterocycles. The first-order valence-corrected chi connectivity index (χ1v) is 35.2. The van der Waals surface area contributed by atoms with Crippen molar-refractivity contribution in [2.75, 3.05) is 152 Å². The molecule has 5 amide bonds. The molecule has 0 radical (unpaired) electrons. The highest BCUT2D eigenvalue weighted by atomic mass is 16.7. The van der Waals surface area contributed by atoms with E-state index in [0.717, 1.165) is 33.8 Å². The van der Waals surface area contributed by atoms with Gasteiger partial charge in [-0.2, -0.15) is 0 Å².